The number of aromatic carboxylic acids is 1. The Balaban J connectivity index is 2.12. The van der Waals surface area contributed by atoms with Crippen LogP contribution in [0.25, 0.3) is 10.9 Å². The molecule has 1 atom stereocenters. The molecule has 0 bridgehead atoms. The molecular weight excluding hydrogens is 301 g/mol. The van der Waals surface area contributed by atoms with E-state index >= 15 is 0 Å². The first kappa shape index (κ1) is 15.9. The van der Waals surface area contributed by atoms with E-state index in [0.717, 1.165) is 6.92 Å². The van der Waals surface area contributed by atoms with E-state index < -0.39 is 30.4 Å². The Morgan fingerprint density at radius 1 is 1.36 bits per heavy atom. The molecule has 0 saturated heterocycles. The Morgan fingerprint density at radius 3 is 2.64 bits per heavy atom. The van der Waals surface area contributed by atoms with Crippen LogP contribution < -0.4 is 5.32 Å². The van der Waals surface area contributed by atoms with Crippen LogP contribution in [0, 0.1) is 5.92 Å². The molecule has 2 aromatic rings. The third-order valence-corrected chi connectivity index (χ3v) is 3.25. The number of hydrogen-bond acceptors (Lipinski definition) is 2. The number of carbonyl (C=O) groups excluding carboxylic acids is 1. The third-order valence-electron chi connectivity index (χ3n) is 3.25. The lowest BCUT2D eigenvalue weighted by Gasteiger charge is -2.15. The molecule has 0 aliphatic heterocycles. The number of aromatic amines is 1. The molecule has 1 aromatic heterocycles. The number of rotatable bonds is 4. The molecule has 1 heterocycles. The maximum absolute atomic E-state index is 12.4. The number of anilines is 1. The number of benzene rings is 1. The molecule has 1 aromatic carbocycles. The summed E-state index contributed by atoms with van der Waals surface area (Å²) in [6, 6.07) is 4.40. The molecule has 0 radical (unpaired) electrons. The number of carboxylic acid groups (broad SMARTS) is 1. The maximum Gasteiger partial charge on any atom is 0.392 e. The van der Waals surface area contributed by atoms with Gasteiger partial charge in [-0.05, 0) is 18.2 Å². The number of hydrogen-bond donors (Lipinski definition) is 3. The van der Waals surface area contributed by atoms with Crippen molar-refractivity contribution in [1.29, 1.82) is 0 Å². The number of nitrogens with one attached hydrogen (secondary N) is 2. The Hall–Kier alpha value is -2.51. The largest absolute Gasteiger partial charge is 0.478 e. The number of aromatic nitrogens is 1. The van der Waals surface area contributed by atoms with Crippen LogP contribution in [0.15, 0.2) is 24.4 Å². The van der Waals surface area contributed by atoms with Crippen molar-refractivity contribution in [1.82, 2.24) is 4.98 Å². The highest BCUT2D eigenvalue weighted by molar-refractivity contribution is 6.04. The van der Waals surface area contributed by atoms with Gasteiger partial charge >= 0.3 is 12.1 Å². The van der Waals surface area contributed by atoms with E-state index in [9.17, 15) is 22.8 Å². The van der Waals surface area contributed by atoms with Crippen LogP contribution in [0.1, 0.15) is 23.7 Å². The summed E-state index contributed by atoms with van der Waals surface area (Å²) in [4.78, 5) is 25.3. The van der Waals surface area contributed by atoms with Gasteiger partial charge < -0.3 is 15.4 Å². The minimum absolute atomic E-state index is 0.0820. The van der Waals surface area contributed by atoms with Crippen LogP contribution in [0.3, 0.4) is 0 Å². The number of halogens is 3. The van der Waals surface area contributed by atoms with Crippen molar-refractivity contribution >= 4 is 28.5 Å². The zero-order valence-corrected chi connectivity index (χ0v) is 11.5. The van der Waals surface area contributed by atoms with E-state index in [-0.39, 0.29) is 5.56 Å². The monoisotopic (exact) mass is 314 g/mol. The van der Waals surface area contributed by atoms with Crippen LogP contribution in [0.4, 0.5) is 18.9 Å². The lowest BCUT2D eigenvalue weighted by molar-refractivity contribution is -0.173. The molecule has 3 N–H and O–H groups in total. The first-order valence-corrected chi connectivity index (χ1v) is 6.39. The summed E-state index contributed by atoms with van der Waals surface area (Å²) in [5, 5.41) is 11.8. The molecule has 0 fully saturated rings. The van der Waals surface area contributed by atoms with E-state index in [4.69, 9.17) is 5.11 Å². The first-order chi connectivity index (χ1) is 10.2. The highest BCUT2D eigenvalue weighted by atomic mass is 19.4. The molecule has 2 rings (SSSR count). The highest BCUT2D eigenvalue weighted by Gasteiger charge is 2.37. The normalized spacial score (nSPS) is 13.1. The second-order valence-corrected chi connectivity index (χ2v) is 4.96. The zero-order valence-electron chi connectivity index (χ0n) is 11.5. The Kier molecular flexibility index (Phi) is 4.11. The van der Waals surface area contributed by atoms with E-state index in [1.54, 1.807) is 0 Å². The fourth-order valence-electron chi connectivity index (χ4n) is 1.99. The standard InChI is InChI=1S/C14H13F3N2O3/c1-7(14(15,16)17)4-12(20)19-8-2-3-9-10(13(21)22)6-18-11(9)5-8/h2-3,5-7,18H,4H2,1H3,(H,19,20)(H,21,22). The molecule has 22 heavy (non-hydrogen) atoms. The molecule has 5 nitrogen and oxygen atoms in total. The van der Waals surface area contributed by atoms with Gasteiger partial charge in [-0.25, -0.2) is 4.79 Å². The molecule has 0 aliphatic rings. The van der Waals surface area contributed by atoms with Gasteiger partial charge in [0.05, 0.1) is 11.5 Å². The van der Waals surface area contributed by atoms with Gasteiger partial charge in [0.25, 0.3) is 0 Å². The summed E-state index contributed by atoms with van der Waals surface area (Å²) < 4.78 is 37.2. The van der Waals surface area contributed by atoms with Crippen molar-refractivity contribution in [3.8, 4) is 0 Å². The minimum Gasteiger partial charge on any atom is -0.478 e. The van der Waals surface area contributed by atoms with Crippen molar-refractivity contribution in [3.63, 3.8) is 0 Å². The van der Waals surface area contributed by atoms with Crippen LogP contribution in [0.2, 0.25) is 0 Å². The zero-order chi connectivity index (χ0) is 16.5. The average Bonchev–Trinajstić information content (AvgIpc) is 2.80. The number of alkyl halides is 3. The van der Waals surface area contributed by atoms with Crippen LogP contribution in [-0.2, 0) is 4.79 Å². The van der Waals surface area contributed by atoms with Crippen molar-refractivity contribution in [2.24, 2.45) is 5.92 Å². The Labute approximate surface area is 123 Å². The summed E-state index contributed by atoms with van der Waals surface area (Å²) in [5.74, 6) is -3.59. The second kappa shape index (κ2) is 5.70. The predicted molar refractivity (Wildman–Crippen MR) is 73.7 cm³/mol. The highest BCUT2D eigenvalue weighted by Crippen LogP contribution is 2.29. The fourth-order valence-corrected chi connectivity index (χ4v) is 1.99. The molecule has 1 amide bonds. The molecule has 8 heteroatoms. The number of carbonyl (C=O) groups is 2. The van der Waals surface area contributed by atoms with Gasteiger partial charge in [0.15, 0.2) is 0 Å². The van der Waals surface area contributed by atoms with E-state index in [2.05, 4.69) is 10.3 Å². The summed E-state index contributed by atoms with van der Waals surface area (Å²) in [5.41, 5.74) is 0.850. The van der Waals surface area contributed by atoms with Crippen LogP contribution in [0.5, 0.6) is 0 Å². The van der Waals surface area contributed by atoms with Gasteiger partial charge in [-0.2, -0.15) is 13.2 Å². The van der Waals surface area contributed by atoms with Crippen LogP contribution in [-0.4, -0.2) is 28.1 Å². The topological polar surface area (TPSA) is 82.2 Å². The minimum atomic E-state index is -4.42. The summed E-state index contributed by atoms with van der Waals surface area (Å²) >= 11 is 0. The van der Waals surface area contributed by atoms with E-state index in [1.165, 1.54) is 24.4 Å². The van der Waals surface area contributed by atoms with Crippen molar-refractivity contribution in [2.75, 3.05) is 5.32 Å². The van der Waals surface area contributed by atoms with Gasteiger partial charge in [-0.3, -0.25) is 4.79 Å². The lowest BCUT2D eigenvalue weighted by atomic mass is 10.1. The number of amides is 1. The third kappa shape index (κ3) is 3.38. The Morgan fingerprint density at radius 2 is 2.05 bits per heavy atom. The van der Waals surface area contributed by atoms with Crippen molar-refractivity contribution in [3.05, 3.63) is 30.0 Å². The summed E-state index contributed by atoms with van der Waals surface area (Å²) in [6.07, 6.45) is -3.78. The quantitative estimate of drug-likeness (QED) is 0.809. The molecule has 118 valence electrons. The molecule has 0 spiro atoms. The fraction of sp³-hybridized carbons (Fsp3) is 0.286. The van der Waals surface area contributed by atoms with Crippen molar-refractivity contribution < 1.29 is 27.9 Å². The van der Waals surface area contributed by atoms with E-state index in [0.29, 0.717) is 16.6 Å². The van der Waals surface area contributed by atoms with Gasteiger partial charge in [0, 0.05) is 29.2 Å². The van der Waals surface area contributed by atoms with E-state index in [1.807, 2.05) is 0 Å². The molecular formula is C14H13F3N2O3. The number of carboxylic acids is 1. The van der Waals surface area contributed by atoms with Crippen molar-refractivity contribution in [2.45, 2.75) is 19.5 Å². The molecule has 0 aliphatic carbocycles. The SMILES string of the molecule is CC(CC(=O)Nc1ccc2c(C(=O)O)c[nH]c2c1)C(F)(F)F. The lowest BCUT2D eigenvalue weighted by Crippen LogP contribution is -2.25. The second-order valence-electron chi connectivity index (χ2n) is 4.96. The Bertz CT molecular complexity index is 722. The van der Waals surface area contributed by atoms with Gasteiger partial charge in [0.2, 0.25) is 5.91 Å². The first-order valence-electron chi connectivity index (χ1n) is 6.39. The van der Waals surface area contributed by atoms with Gasteiger partial charge in [-0.15, -0.1) is 0 Å². The smallest absolute Gasteiger partial charge is 0.392 e. The maximum atomic E-state index is 12.4. The molecule has 0 saturated carbocycles. The molecule has 1 unspecified atom stereocenters. The number of H-pyrrole nitrogens is 1. The predicted octanol–water partition coefficient (Wildman–Crippen LogP) is 3.39. The van der Waals surface area contributed by atoms with Gasteiger partial charge in [-0.1, -0.05) is 6.92 Å². The number of fused-ring (bicyclic) bond motifs is 1. The summed E-state index contributed by atoms with van der Waals surface area (Å²) in [7, 11) is 0. The summed E-state index contributed by atoms with van der Waals surface area (Å²) in [6.45, 7) is 0.937. The average molecular weight is 314 g/mol. The van der Waals surface area contributed by atoms with Crippen LogP contribution >= 0.6 is 0 Å². The van der Waals surface area contributed by atoms with Gasteiger partial charge in [0.1, 0.15) is 0 Å².